The highest BCUT2D eigenvalue weighted by molar-refractivity contribution is 6.99. The smallest absolute Gasteiger partial charge is 0.358 e. The minimum Gasteiger partial charge on any atom is -0.431 e. The molecule has 0 saturated heterocycles. The van der Waals surface area contributed by atoms with Crippen LogP contribution in [0.1, 0.15) is 90.9 Å². The molecular formula is C22H52AlNSi2. The summed E-state index contributed by atoms with van der Waals surface area (Å²) in [5.74, 6) is 0. The zero-order valence-corrected chi connectivity index (χ0v) is 23.1. The van der Waals surface area contributed by atoms with E-state index in [1.54, 1.807) is 10.6 Å². The molecule has 0 aromatic rings. The number of hydrogen-bond acceptors (Lipinski definition) is 1. The largest absolute Gasteiger partial charge is 0.431 e. The van der Waals surface area contributed by atoms with Crippen LogP contribution in [0.2, 0.25) is 49.8 Å². The molecule has 0 fully saturated rings. The average molecular weight is 414 g/mol. The molecule has 26 heavy (non-hydrogen) atoms. The first-order valence-corrected chi connectivity index (χ1v) is 21.0. The zero-order chi connectivity index (χ0) is 20.1. The Morgan fingerprint density at radius 2 is 0.808 bits per heavy atom. The maximum Gasteiger partial charge on any atom is 0.358 e. The zero-order valence-electron chi connectivity index (χ0n) is 19.9. The van der Waals surface area contributed by atoms with Gasteiger partial charge in [-0.1, -0.05) is 141 Å². The summed E-state index contributed by atoms with van der Waals surface area (Å²) in [4.78, 5) is 0. The summed E-state index contributed by atoms with van der Waals surface area (Å²) < 4.78 is 3.25. The van der Waals surface area contributed by atoms with Gasteiger partial charge in [-0.15, -0.1) is 0 Å². The predicted molar refractivity (Wildman–Crippen MR) is 131 cm³/mol. The molecule has 0 rings (SSSR count). The molecule has 0 aliphatic heterocycles. The first-order chi connectivity index (χ1) is 12.1. The van der Waals surface area contributed by atoms with E-state index in [1.807, 2.05) is 0 Å². The molecule has 156 valence electrons. The first kappa shape index (κ1) is 26.9. The summed E-state index contributed by atoms with van der Waals surface area (Å²) in [5, 5.41) is 3.19. The van der Waals surface area contributed by atoms with Crippen LogP contribution in [0.3, 0.4) is 0 Å². The van der Waals surface area contributed by atoms with E-state index in [0.29, 0.717) is 0 Å². The highest BCUT2D eigenvalue weighted by Crippen LogP contribution is 2.27. The van der Waals surface area contributed by atoms with Crippen molar-refractivity contribution in [2.75, 3.05) is 0 Å². The van der Waals surface area contributed by atoms with Crippen LogP contribution in [0.25, 0.3) is 0 Å². The average Bonchev–Trinajstić information content (AvgIpc) is 2.50. The third-order valence-electron chi connectivity index (χ3n) is 5.59. The van der Waals surface area contributed by atoms with Gasteiger partial charge in [0.2, 0.25) is 0 Å². The molecular weight excluding hydrogens is 361 g/mol. The van der Waals surface area contributed by atoms with Crippen LogP contribution in [0.15, 0.2) is 0 Å². The Morgan fingerprint density at radius 1 is 0.500 bits per heavy atom. The van der Waals surface area contributed by atoms with E-state index in [-0.39, 0.29) is 0 Å². The predicted octanol–water partition coefficient (Wildman–Crippen LogP) is 8.67. The summed E-state index contributed by atoms with van der Waals surface area (Å²) in [6, 6.07) is 0. The van der Waals surface area contributed by atoms with E-state index >= 15 is 0 Å². The number of hydrogen-bond donors (Lipinski definition) is 0. The second-order valence-electron chi connectivity index (χ2n) is 10.5. The second kappa shape index (κ2) is 14.9. The van der Waals surface area contributed by atoms with Gasteiger partial charge in [0, 0.05) is 0 Å². The van der Waals surface area contributed by atoms with Gasteiger partial charge in [-0.3, -0.25) is 0 Å². The summed E-state index contributed by atoms with van der Waals surface area (Å²) in [6.45, 7) is 20.4. The van der Waals surface area contributed by atoms with Crippen LogP contribution in [-0.2, 0) is 0 Å². The van der Waals surface area contributed by atoms with Crippen molar-refractivity contribution in [2.24, 2.45) is 0 Å². The summed E-state index contributed by atoms with van der Waals surface area (Å²) in [5.41, 5.74) is 0. The quantitative estimate of drug-likeness (QED) is 0.170. The fraction of sp³-hybridized carbons (Fsp3) is 1.00. The van der Waals surface area contributed by atoms with Crippen molar-refractivity contribution < 1.29 is 0 Å². The molecule has 0 unspecified atom stereocenters. The highest BCUT2D eigenvalue weighted by atomic mass is 28.4. The normalized spacial score (nSPS) is 12.8. The summed E-state index contributed by atoms with van der Waals surface area (Å²) in [6.07, 6.45) is 17.5. The lowest BCUT2D eigenvalue weighted by molar-refractivity contribution is 0.612. The molecule has 0 amide bonds. The number of nitrogens with zero attached hydrogens (tertiary/aromatic N) is 1. The number of unbranched alkanes of at least 4 members (excludes halogenated alkanes) is 10. The molecule has 0 aromatic heterocycles. The van der Waals surface area contributed by atoms with Gasteiger partial charge in [-0.25, -0.2) is 0 Å². The van der Waals surface area contributed by atoms with Gasteiger partial charge in [0.15, 0.2) is 0 Å². The topological polar surface area (TPSA) is 3.24 Å². The molecule has 0 aliphatic carbocycles. The molecule has 0 heterocycles. The minimum absolute atomic E-state index is 0.760. The standard InChI is InChI=1S/2C8H17.C6H18NSi2.Al/c2*1-3-5-7-8-6-4-2;1-8(2,3)7-9(4,5)6;/h2*1,3-8H2,2H3;1-6H3;/q;;-1;+1. The fourth-order valence-electron chi connectivity index (χ4n) is 4.82. The van der Waals surface area contributed by atoms with Gasteiger partial charge in [0.25, 0.3) is 0 Å². The van der Waals surface area contributed by atoms with Gasteiger partial charge >= 0.3 is 14.4 Å². The van der Waals surface area contributed by atoms with Crippen LogP contribution < -0.4 is 0 Å². The van der Waals surface area contributed by atoms with Crippen LogP contribution in [-0.4, -0.2) is 34.1 Å². The fourth-order valence-corrected chi connectivity index (χ4v) is 25.5. The highest BCUT2D eigenvalue weighted by Gasteiger charge is 2.41. The lowest BCUT2D eigenvalue weighted by Crippen LogP contribution is -2.65. The van der Waals surface area contributed by atoms with Crippen LogP contribution in [0.4, 0.5) is 0 Å². The second-order valence-corrected chi connectivity index (χ2v) is 24.6. The molecule has 0 radical (unpaired) electrons. The molecule has 0 spiro atoms. The van der Waals surface area contributed by atoms with Crippen molar-refractivity contribution in [3.63, 3.8) is 0 Å². The van der Waals surface area contributed by atoms with E-state index in [1.165, 1.54) is 77.0 Å². The van der Waals surface area contributed by atoms with Crippen molar-refractivity contribution in [2.45, 2.75) is 141 Å². The Labute approximate surface area is 174 Å². The third-order valence-corrected chi connectivity index (χ3v) is 22.2. The van der Waals surface area contributed by atoms with Crippen molar-refractivity contribution in [3.8, 4) is 0 Å². The molecule has 1 nitrogen and oxygen atoms in total. The Morgan fingerprint density at radius 3 is 1.12 bits per heavy atom. The molecule has 4 heteroatoms. The molecule has 0 atom stereocenters. The van der Waals surface area contributed by atoms with E-state index in [2.05, 4.69) is 56.3 Å². The van der Waals surface area contributed by atoms with Crippen LogP contribution >= 0.6 is 0 Å². The van der Waals surface area contributed by atoms with Gasteiger partial charge in [0.05, 0.1) is 16.5 Å². The summed E-state index contributed by atoms with van der Waals surface area (Å²) in [7, 11) is -2.38. The molecule has 0 aromatic carbocycles. The first-order valence-electron chi connectivity index (χ1n) is 11.9. The number of rotatable bonds is 17. The Kier molecular flexibility index (Phi) is 15.4. The Bertz CT molecular complexity index is 293. The molecule has 0 aliphatic rings. The van der Waals surface area contributed by atoms with Crippen molar-refractivity contribution >= 4 is 30.8 Å². The molecule has 0 saturated carbocycles. The van der Waals surface area contributed by atoms with Gasteiger partial charge < -0.3 is 3.21 Å². The summed E-state index contributed by atoms with van der Waals surface area (Å²) >= 11 is -0.760. The van der Waals surface area contributed by atoms with Gasteiger partial charge in [0.1, 0.15) is 0 Å². The van der Waals surface area contributed by atoms with E-state index in [4.69, 9.17) is 0 Å². The monoisotopic (exact) mass is 413 g/mol. The lowest BCUT2D eigenvalue weighted by atomic mass is 10.1. The van der Waals surface area contributed by atoms with Crippen molar-refractivity contribution in [1.82, 2.24) is 3.21 Å². The maximum atomic E-state index is 3.25. The van der Waals surface area contributed by atoms with Crippen LogP contribution in [0, 0.1) is 0 Å². The van der Waals surface area contributed by atoms with Crippen molar-refractivity contribution in [3.05, 3.63) is 0 Å². The SMILES string of the molecule is CCCCCCC[CH2][Al]([CH2]CCCCCCC)[N]([Si](C)(C)C)[Si](C)(C)C. The Balaban J connectivity index is 4.64. The molecule has 0 N–H and O–H groups in total. The lowest BCUT2D eigenvalue weighted by Gasteiger charge is -2.48. The van der Waals surface area contributed by atoms with E-state index < -0.39 is 30.8 Å². The van der Waals surface area contributed by atoms with Crippen molar-refractivity contribution in [1.29, 1.82) is 0 Å². The Hall–Kier alpha value is 0.926. The molecule has 0 bridgehead atoms. The maximum absolute atomic E-state index is 3.25. The minimum atomic E-state index is -1.19. The van der Waals surface area contributed by atoms with E-state index in [9.17, 15) is 0 Å². The van der Waals surface area contributed by atoms with Gasteiger partial charge in [-0.05, 0) is 0 Å². The third kappa shape index (κ3) is 13.2. The van der Waals surface area contributed by atoms with E-state index in [0.717, 1.165) is 0 Å². The van der Waals surface area contributed by atoms with Gasteiger partial charge in [-0.2, -0.15) is 0 Å². The van der Waals surface area contributed by atoms with Crippen LogP contribution in [0.5, 0.6) is 0 Å².